The number of hydrogen-bond acceptors (Lipinski definition) is 1. The predicted molar refractivity (Wildman–Crippen MR) is 103 cm³/mol. The van der Waals surface area contributed by atoms with Crippen LogP contribution in [0.5, 0.6) is 0 Å². The summed E-state index contributed by atoms with van der Waals surface area (Å²) in [5.41, 5.74) is 4.80. The molecule has 2 nitrogen and oxygen atoms in total. The summed E-state index contributed by atoms with van der Waals surface area (Å²) < 4.78 is 2.03. The zero-order valence-corrected chi connectivity index (χ0v) is 15.1. The topological polar surface area (TPSA) is 22.0 Å². The Bertz CT molecular complexity index is 918. The summed E-state index contributed by atoms with van der Waals surface area (Å²) in [6.07, 6.45) is 5.09. The van der Waals surface area contributed by atoms with Gasteiger partial charge in [-0.25, -0.2) is 0 Å². The number of aryl methyl sites for hydroxylation is 1. The molecule has 0 amide bonds. The van der Waals surface area contributed by atoms with Crippen LogP contribution in [-0.2, 0) is 18.3 Å². The fourth-order valence-electron chi connectivity index (χ4n) is 4.37. The molecule has 1 aromatic heterocycles. The number of rotatable bonds is 2. The first-order valence-electron chi connectivity index (χ1n) is 9.28. The third kappa shape index (κ3) is 2.80. The van der Waals surface area contributed by atoms with Crippen molar-refractivity contribution in [3.8, 4) is 0 Å². The summed E-state index contributed by atoms with van der Waals surface area (Å²) in [7, 11) is 0. The van der Waals surface area contributed by atoms with Crippen molar-refractivity contribution in [1.82, 2.24) is 4.57 Å². The van der Waals surface area contributed by atoms with E-state index in [-0.39, 0.29) is 11.3 Å². The zero-order chi connectivity index (χ0) is 17.4. The fraction of sp³-hybridized carbons (Fsp3) is 0.348. The van der Waals surface area contributed by atoms with E-state index >= 15 is 0 Å². The van der Waals surface area contributed by atoms with Gasteiger partial charge in [0.25, 0.3) is 0 Å². The van der Waals surface area contributed by atoms with E-state index in [9.17, 15) is 4.79 Å². The van der Waals surface area contributed by atoms with Crippen LogP contribution in [-0.4, -0.2) is 10.5 Å². The van der Waals surface area contributed by atoms with Gasteiger partial charge in [-0.05, 0) is 36.5 Å². The third-order valence-corrected chi connectivity index (χ3v) is 5.55. The summed E-state index contributed by atoms with van der Waals surface area (Å²) in [5, 5.41) is 1.26. The van der Waals surface area contributed by atoms with Crippen molar-refractivity contribution in [1.29, 1.82) is 0 Å². The van der Waals surface area contributed by atoms with Gasteiger partial charge in [-0.1, -0.05) is 68.8 Å². The highest BCUT2D eigenvalue weighted by Gasteiger charge is 2.33. The summed E-state index contributed by atoms with van der Waals surface area (Å²) in [6, 6.07) is 18.5. The van der Waals surface area contributed by atoms with Crippen LogP contribution >= 0.6 is 0 Å². The van der Waals surface area contributed by atoms with Gasteiger partial charge in [0.15, 0.2) is 0 Å². The van der Waals surface area contributed by atoms with Crippen LogP contribution in [0.2, 0.25) is 0 Å². The minimum absolute atomic E-state index is 0.0250. The largest absolute Gasteiger partial charge is 0.283 e. The molecular formula is C23H25NO. The minimum atomic E-state index is 0.0250. The first-order chi connectivity index (χ1) is 12.1. The van der Waals surface area contributed by atoms with Gasteiger partial charge >= 0.3 is 0 Å². The van der Waals surface area contributed by atoms with Crippen molar-refractivity contribution in [2.24, 2.45) is 0 Å². The van der Waals surface area contributed by atoms with E-state index in [2.05, 4.69) is 32.0 Å². The number of nitrogens with zero attached hydrogens (tertiary/aromatic N) is 1. The highest BCUT2D eigenvalue weighted by molar-refractivity contribution is 5.97. The van der Waals surface area contributed by atoms with Crippen LogP contribution in [0.1, 0.15) is 54.7 Å². The molecule has 2 heteroatoms. The highest BCUT2D eigenvalue weighted by Crippen LogP contribution is 2.41. The maximum Gasteiger partial charge on any atom is 0.235 e. The van der Waals surface area contributed by atoms with Crippen LogP contribution in [0.3, 0.4) is 0 Å². The van der Waals surface area contributed by atoms with Crippen LogP contribution in [0.25, 0.3) is 10.9 Å². The van der Waals surface area contributed by atoms with Crippen LogP contribution in [0, 0.1) is 0 Å². The van der Waals surface area contributed by atoms with E-state index in [0.29, 0.717) is 6.42 Å². The number of aromatic nitrogens is 1. The molecule has 128 valence electrons. The maximum absolute atomic E-state index is 13.3. The number of carbonyl (C=O) groups is 1. The molecule has 0 N–H and O–H groups in total. The highest BCUT2D eigenvalue weighted by atomic mass is 16.2. The van der Waals surface area contributed by atoms with Gasteiger partial charge in [0.1, 0.15) is 0 Å². The molecule has 2 aromatic carbocycles. The lowest BCUT2D eigenvalue weighted by atomic mass is 9.83. The second-order valence-corrected chi connectivity index (χ2v) is 7.83. The molecule has 0 saturated carbocycles. The molecule has 0 atom stereocenters. The maximum atomic E-state index is 13.3. The van der Waals surface area contributed by atoms with Gasteiger partial charge in [-0.15, -0.1) is 0 Å². The molecule has 0 fully saturated rings. The fourth-order valence-corrected chi connectivity index (χ4v) is 4.37. The molecule has 0 bridgehead atoms. The molecule has 0 spiro atoms. The first kappa shape index (κ1) is 16.1. The molecule has 1 aliphatic rings. The summed E-state index contributed by atoms with van der Waals surface area (Å²) in [6.45, 7) is 4.59. The molecule has 1 heterocycles. The molecule has 4 rings (SSSR count). The van der Waals surface area contributed by atoms with Crippen molar-refractivity contribution in [2.75, 3.05) is 0 Å². The molecule has 25 heavy (non-hydrogen) atoms. The lowest BCUT2D eigenvalue weighted by Gasteiger charge is -2.26. The smallest absolute Gasteiger partial charge is 0.235 e. The Morgan fingerprint density at radius 3 is 2.52 bits per heavy atom. The van der Waals surface area contributed by atoms with E-state index in [1.807, 2.05) is 41.0 Å². The Morgan fingerprint density at radius 2 is 1.72 bits per heavy atom. The normalized spacial score (nSPS) is 16.4. The number of benzene rings is 2. The van der Waals surface area contributed by atoms with E-state index in [1.54, 1.807) is 0 Å². The quantitative estimate of drug-likeness (QED) is 0.566. The van der Waals surface area contributed by atoms with Crippen molar-refractivity contribution in [2.45, 2.75) is 51.4 Å². The predicted octanol–water partition coefficient (Wildman–Crippen LogP) is 5.53. The Balaban J connectivity index is 1.91. The number of fused-ring (bicyclic) bond motifs is 3. The monoisotopic (exact) mass is 331 g/mol. The second kappa shape index (κ2) is 6.18. The van der Waals surface area contributed by atoms with Gasteiger partial charge in [0, 0.05) is 16.5 Å². The van der Waals surface area contributed by atoms with Crippen molar-refractivity contribution in [3.05, 3.63) is 71.4 Å². The Kier molecular flexibility index (Phi) is 3.99. The molecule has 0 unspecified atom stereocenters. The summed E-state index contributed by atoms with van der Waals surface area (Å²) >= 11 is 0. The van der Waals surface area contributed by atoms with Crippen molar-refractivity contribution >= 4 is 16.8 Å². The van der Waals surface area contributed by atoms with E-state index in [0.717, 1.165) is 23.9 Å². The summed E-state index contributed by atoms with van der Waals surface area (Å²) in [5.74, 6) is 0.179. The molecular weight excluding hydrogens is 306 g/mol. The molecule has 3 aromatic rings. The van der Waals surface area contributed by atoms with Gasteiger partial charge in [0.2, 0.25) is 5.91 Å². The van der Waals surface area contributed by atoms with Gasteiger partial charge in [-0.3, -0.25) is 9.36 Å². The number of carbonyl (C=O) groups excluding carboxylic acids is 1. The SMILES string of the molecule is CC1(C)CCCCc2c1n(C(=O)Cc1ccccc1)c1ccccc21. The average Bonchev–Trinajstić information content (AvgIpc) is 2.87. The molecule has 0 radical (unpaired) electrons. The number of para-hydroxylation sites is 1. The first-order valence-corrected chi connectivity index (χ1v) is 9.28. The van der Waals surface area contributed by atoms with Crippen LogP contribution < -0.4 is 0 Å². The zero-order valence-electron chi connectivity index (χ0n) is 15.1. The lowest BCUT2D eigenvalue weighted by molar-refractivity contribution is 0.0912. The minimum Gasteiger partial charge on any atom is -0.283 e. The van der Waals surface area contributed by atoms with Crippen LogP contribution in [0.15, 0.2) is 54.6 Å². The van der Waals surface area contributed by atoms with E-state index < -0.39 is 0 Å². The Morgan fingerprint density at radius 1 is 1.00 bits per heavy atom. The van der Waals surface area contributed by atoms with E-state index in [1.165, 1.54) is 29.5 Å². The average molecular weight is 331 g/mol. The number of hydrogen-bond donors (Lipinski definition) is 0. The third-order valence-electron chi connectivity index (χ3n) is 5.55. The van der Waals surface area contributed by atoms with Gasteiger partial charge in [0.05, 0.1) is 11.9 Å². The second-order valence-electron chi connectivity index (χ2n) is 7.83. The standard InChI is InChI=1S/C23H25NO/c1-23(2)15-9-8-13-19-18-12-6-7-14-20(18)24(22(19)23)21(25)16-17-10-4-3-5-11-17/h3-7,10-12,14H,8-9,13,15-16H2,1-2H3. The molecule has 1 aliphatic carbocycles. The lowest BCUT2D eigenvalue weighted by Crippen LogP contribution is -2.26. The van der Waals surface area contributed by atoms with Gasteiger partial charge in [-0.2, -0.15) is 0 Å². The molecule has 0 saturated heterocycles. The van der Waals surface area contributed by atoms with Crippen molar-refractivity contribution < 1.29 is 4.79 Å². The molecule has 0 aliphatic heterocycles. The Labute approximate surface area is 149 Å². The Hall–Kier alpha value is -2.35. The van der Waals surface area contributed by atoms with E-state index in [4.69, 9.17) is 0 Å². The van der Waals surface area contributed by atoms with Crippen LogP contribution in [0.4, 0.5) is 0 Å². The summed E-state index contributed by atoms with van der Waals surface area (Å²) in [4.78, 5) is 13.3. The van der Waals surface area contributed by atoms with Crippen molar-refractivity contribution in [3.63, 3.8) is 0 Å². The van der Waals surface area contributed by atoms with Gasteiger partial charge < -0.3 is 0 Å².